The zero-order chi connectivity index (χ0) is 13.9. The van der Waals surface area contributed by atoms with E-state index in [1.807, 2.05) is 30.3 Å². The quantitative estimate of drug-likeness (QED) is 0.786. The van der Waals surface area contributed by atoms with E-state index < -0.39 is 0 Å². The van der Waals surface area contributed by atoms with Crippen LogP contribution in [0.25, 0.3) is 10.8 Å². The molecular weight excluding hydrogens is 252 g/mol. The van der Waals surface area contributed by atoms with E-state index in [4.69, 9.17) is 0 Å². The molecule has 0 radical (unpaired) electrons. The Morgan fingerprint density at radius 1 is 1.15 bits per heavy atom. The number of rotatable bonds is 3. The molecule has 3 rings (SSSR count). The van der Waals surface area contributed by atoms with Crippen LogP contribution in [0.15, 0.2) is 53.7 Å². The summed E-state index contributed by atoms with van der Waals surface area (Å²) in [5, 5.41) is 4.58. The predicted molar refractivity (Wildman–Crippen MR) is 78.9 cm³/mol. The summed E-state index contributed by atoms with van der Waals surface area (Å²) in [7, 11) is 1.79. The second kappa shape index (κ2) is 5.13. The average Bonchev–Trinajstić information content (AvgIpc) is 2.51. The summed E-state index contributed by atoms with van der Waals surface area (Å²) in [6.07, 6.45) is 5.12. The molecule has 0 fully saturated rings. The van der Waals surface area contributed by atoms with E-state index in [0.29, 0.717) is 12.4 Å². The van der Waals surface area contributed by atoms with Crippen molar-refractivity contribution < 1.29 is 0 Å². The van der Waals surface area contributed by atoms with Crippen molar-refractivity contribution in [3.8, 4) is 0 Å². The van der Waals surface area contributed by atoms with Crippen molar-refractivity contribution in [2.45, 2.75) is 6.54 Å². The zero-order valence-electron chi connectivity index (χ0n) is 11.1. The van der Waals surface area contributed by atoms with E-state index in [1.165, 1.54) is 0 Å². The molecule has 2 heterocycles. The first-order valence-corrected chi connectivity index (χ1v) is 6.35. The van der Waals surface area contributed by atoms with Crippen molar-refractivity contribution in [3.05, 3.63) is 65.0 Å². The summed E-state index contributed by atoms with van der Waals surface area (Å²) < 4.78 is 1.64. The van der Waals surface area contributed by atoms with Crippen molar-refractivity contribution in [1.82, 2.24) is 14.5 Å². The molecule has 0 unspecified atom stereocenters. The molecule has 2 aromatic heterocycles. The fourth-order valence-electron chi connectivity index (χ4n) is 2.09. The topological polar surface area (TPSA) is 59.8 Å². The lowest BCUT2D eigenvalue weighted by atomic mass is 10.2. The van der Waals surface area contributed by atoms with Gasteiger partial charge in [0.2, 0.25) is 0 Å². The molecule has 100 valence electrons. The SMILES string of the molecule is CNc1cnc(Cn2ccc3ccccc3c2=O)cn1. The molecule has 5 heteroatoms. The molecule has 3 aromatic rings. The third kappa shape index (κ3) is 2.25. The first-order chi connectivity index (χ1) is 9.78. The monoisotopic (exact) mass is 266 g/mol. The van der Waals surface area contributed by atoms with Crippen LogP contribution in [0.4, 0.5) is 5.82 Å². The minimum absolute atomic E-state index is 0.0115. The number of hydrogen-bond acceptors (Lipinski definition) is 4. The van der Waals surface area contributed by atoms with Crippen LogP contribution in [0.1, 0.15) is 5.69 Å². The van der Waals surface area contributed by atoms with Crippen molar-refractivity contribution >= 4 is 16.6 Å². The Kier molecular flexibility index (Phi) is 3.16. The summed E-state index contributed by atoms with van der Waals surface area (Å²) in [4.78, 5) is 20.8. The first kappa shape index (κ1) is 12.3. The lowest BCUT2D eigenvalue weighted by Crippen LogP contribution is -2.20. The Balaban J connectivity index is 1.98. The van der Waals surface area contributed by atoms with E-state index >= 15 is 0 Å². The maximum absolute atomic E-state index is 12.4. The van der Waals surface area contributed by atoms with Crippen molar-refractivity contribution in [1.29, 1.82) is 0 Å². The van der Waals surface area contributed by atoms with Gasteiger partial charge in [-0.15, -0.1) is 0 Å². The highest BCUT2D eigenvalue weighted by molar-refractivity contribution is 5.81. The summed E-state index contributed by atoms with van der Waals surface area (Å²) in [6.45, 7) is 0.417. The van der Waals surface area contributed by atoms with Gasteiger partial charge in [-0.2, -0.15) is 0 Å². The zero-order valence-corrected chi connectivity index (χ0v) is 11.1. The maximum Gasteiger partial charge on any atom is 0.258 e. The first-order valence-electron chi connectivity index (χ1n) is 6.35. The highest BCUT2D eigenvalue weighted by Crippen LogP contribution is 2.09. The maximum atomic E-state index is 12.4. The van der Waals surface area contributed by atoms with E-state index in [2.05, 4.69) is 15.3 Å². The smallest absolute Gasteiger partial charge is 0.258 e. The lowest BCUT2D eigenvalue weighted by molar-refractivity contribution is 0.742. The van der Waals surface area contributed by atoms with E-state index in [0.717, 1.165) is 16.5 Å². The van der Waals surface area contributed by atoms with Crippen molar-refractivity contribution in [2.75, 3.05) is 12.4 Å². The lowest BCUT2D eigenvalue weighted by Gasteiger charge is -2.07. The number of nitrogens with one attached hydrogen (secondary N) is 1. The van der Waals surface area contributed by atoms with Crippen molar-refractivity contribution in [3.63, 3.8) is 0 Å². The molecule has 0 aliphatic rings. The molecule has 1 N–H and O–H groups in total. The number of nitrogens with zero attached hydrogens (tertiary/aromatic N) is 3. The third-order valence-corrected chi connectivity index (χ3v) is 3.18. The number of hydrogen-bond donors (Lipinski definition) is 1. The Morgan fingerprint density at radius 3 is 2.75 bits per heavy atom. The summed E-state index contributed by atoms with van der Waals surface area (Å²) in [5.41, 5.74) is 0.740. The molecule has 0 saturated heterocycles. The van der Waals surface area contributed by atoms with Gasteiger partial charge in [-0.1, -0.05) is 18.2 Å². The van der Waals surface area contributed by atoms with Gasteiger partial charge < -0.3 is 9.88 Å². The van der Waals surface area contributed by atoms with Gasteiger partial charge in [0.05, 0.1) is 24.6 Å². The van der Waals surface area contributed by atoms with Gasteiger partial charge in [0.15, 0.2) is 0 Å². The number of fused-ring (bicyclic) bond motifs is 1. The minimum atomic E-state index is -0.0115. The molecule has 0 atom stereocenters. The Morgan fingerprint density at radius 2 is 2.00 bits per heavy atom. The van der Waals surface area contributed by atoms with Crippen LogP contribution in [-0.2, 0) is 6.54 Å². The second-order valence-electron chi connectivity index (χ2n) is 4.48. The highest BCUT2D eigenvalue weighted by Gasteiger charge is 2.04. The fourth-order valence-corrected chi connectivity index (χ4v) is 2.09. The van der Waals surface area contributed by atoms with Gasteiger partial charge in [-0.05, 0) is 17.5 Å². The van der Waals surface area contributed by atoms with Crippen LogP contribution in [-0.4, -0.2) is 21.6 Å². The fraction of sp³-hybridized carbons (Fsp3) is 0.133. The van der Waals surface area contributed by atoms with Crippen molar-refractivity contribution in [2.24, 2.45) is 0 Å². The molecule has 0 spiro atoms. The summed E-state index contributed by atoms with van der Waals surface area (Å²) in [6, 6.07) is 9.50. The molecule has 5 nitrogen and oxygen atoms in total. The van der Waals surface area contributed by atoms with Gasteiger partial charge in [-0.3, -0.25) is 9.78 Å². The summed E-state index contributed by atoms with van der Waals surface area (Å²) in [5.74, 6) is 0.708. The van der Waals surface area contributed by atoms with Gasteiger partial charge in [0, 0.05) is 18.6 Å². The third-order valence-electron chi connectivity index (χ3n) is 3.18. The number of anilines is 1. The standard InChI is InChI=1S/C15H14N4O/c1-16-14-9-17-12(8-18-14)10-19-7-6-11-4-2-3-5-13(11)15(19)20/h2-9H,10H2,1H3,(H,16,18). The largest absolute Gasteiger partial charge is 0.372 e. The molecule has 0 bridgehead atoms. The highest BCUT2D eigenvalue weighted by atomic mass is 16.1. The molecule has 20 heavy (non-hydrogen) atoms. The van der Waals surface area contributed by atoms with Crippen LogP contribution in [0.2, 0.25) is 0 Å². The van der Waals surface area contributed by atoms with Gasteiger partial charge in [-0.25, -0.2) is 4.98 Å². The van der Waals surface area contributed by atoms with Crippen LogP contribution >= 0.6 is 0 Å². The van der Waals surface area contributed by atoms with Gasteiger partial charge >= 0.3 is 0 Å². The number of benzene rings is 1. The van der Waals surface area contributed by atoms with Crippen LogP contribution in [0, 0.1) is 0 Å². The number of pyridine rings is 1. The Bertz CT molecular complexity index is 793. The molecule has 0 saturated carbocycles. The van der Waals surface area contributed by atoms with Crippen LogP contribution in [0.5, 0.6) is 0 Å². The molecule has 1 aromatic carbocycles. The Labute approximate surface area is 115 Å². The second-order valence-corrected chi connectivity index (χ2v) is 4.48. The van der Waals surface area contributed by atoms with E-state index in [9.17, 15) is 4.79 Å². The summed E-state index contributed by atoms with van der Waals surface area (Å²) >= 11 is 0. The minimum Gasteiger partial charge on any atom is -0.372 e. The molecule has 0 aliphatic heterocycles. The normalized spacial score (nSPS) is 10.7. The molecule has 0 amide bonds. The molecular formula is C15H14N4O. The van der Waals surface area contributed by atoms with Crippen LogP contribution in [0.3, 0.4) is 0 Å². The van der Waals surface area contributed by atoms with E-state index in [-0.39, 0.29) is 5.56 Å². The van der Waals surface area contributed by atoms with Gasteiger partial charge in [0.1, 0.15) is 5.82 Å². The van der Waals surface area contributed by atoms with Crippen LogP contribution < -0.4 is 10.9 Å². The Hall–Kier alpha value is -2.69. The van der Waals surface area contributed by atoms with E-state index in [1.54, 1.807) is 30.2 Å². The van der Waals surface area contributed by atoms with Gasteiger partial charge in [0.25, 0.3) is 5.56 Å². The molecule has 0 aliphatic carbocycles. The number of aromatic nitrogens is 3. The average molecular weight is 266 g/mol. The predicted octanol–water partition coefficient (Wildman–Crippen LogP) is 1.88.